The van der Waals surface area contributed by atoms with Crippen molar-refractivity contribution in [1.82, 2.24) is 25.1 Å². The number of carbonyl (C=O) groups excluding carboxylic acids is 1. The molecule has 9 heteroatoms. The van der Waals surface area contributed by atoms with Gasteiger partial charge in [-0.05, 0) is 32.4 Å². The number of amides is 1. The van der Waals surface area contributed by atoms with Crippen molar-refractivity contribution in [2.45, 2.75) is 39.8 Å². The van der Waals surface area contributed by atoms with E-state index in [2.05, 4.69) is 20.4 Å². The monoisotopic (exact) mass is 356 g/mol. The Hall–Kier alpha value is -3.23. The summed E-state index contributed by atoms with van der Waals surface area (Å²) >= 11 is 0. The third-order valence-electron chi connectivity index (χ3n) is 4.19. The van der Waals surface area contributed by atoms with Gasteiger partial charge in [-0.15, -0.1) is 0 Å². The van der Waals surface area contributed by atoms with E-state index in [0.717, 1.165) is 11.0 Å². The molecule has 9 nitrogen and oxygen atoms in total. The highest BCUT2D eigenvalue weighted by Gasteiger charge is 2.21. The van der Waals surface area contributed by atoms with Crippen molar-refractivity contribution < 1.29 is 9.72 Å². The van der Waals surface area contributed by atoms with Gasteiger partial charge in [0.05, 0.1) is 22.5 Å². The van der Waals surface area contributed by atoms with Gasteiger partial charge in [-0.3, -0.25) is 19.6 Å². The molecule has 0 radical (unpaired) electrons. The summed E-state index contributed by atoms with van der Waals surface area (Å²) in [6.45, 7) is 4.07. The van der Waals surface area contributed by atoms with Crippen LogP contribution in [0.25, 0.3) is 11.0 Å². The van der Waals surface area contributed by atoms with Gasteiger partial charge in [0.1, 0.15) is 17.2 Å². The van der Waals surface area contributed by atoms with E-state index in [4.69, 9.17) is 0 Å². The van der Waals surface area contributed by atoms with Gasteiger partial charge >= 0.3 is 5.69 Å². The average Bonchev–Trinajstić information content (AvgIpc) is 3.13. The lowest BCUT2D eigenvalue weighted by Crippen LogP contribution is -2.23. The first-order valence-electron chi connectivity index (χ1n) is 8.34. The average molecular weight is 356 g/mol. The molecule has 0 atom stereocenters. The number of H-pyrrole nitrogens is 1. The minimum absolute atomic E-state index is 0.0411. The highest BCUT2D eigenvalue weighted by Crippen LogP contribution is 2.22. The normalized spacial score (nSPS) is 11.0. The molecule has 0 spiro atoms. The summed E-state index contributed by atoms with van der Waals surface area (Å²) in [6.07, 6.45) is 0.859. The number of hydrogen-bond donors (Lipinski definition) is 2. The van der Waals surface area contributed by atoms with E-state index in [1.54, 1.807) is 18.5 Å². The van der Waals surface area contributed by atoms with Crippen molar-refractivity contribution in [3.8, 4) is 0 Å². The molecule has 2 aromatic heterocycles. The third kappa shape index (κ3) is 3.71. The molecule has 0 aliphatic heterocycles. The quantitative estimate of drug-likeness (QED) is 0.497. The molecule has 0 aliphatic carbocycles. The summed E-state index contributed by atoms with van der Waals surface area (Å²) in [4.78, 5) is 30.1. The Labute approximate surface area is 149 Å². The smallest absolute Gasteiger partial charge is 0.312 e. The number of nitro groups is 1. The predicted molar refractivity (Wildman–Crippen MR) is 95.5 cm³/mol. The number of aromatic nitrogens is 4. The lowest BCUT2D eigenvalue weighted by Gasteiger charge is -2.05. The summed E-state index contributed by atoms with van der Waals surface area (Å²) < 4.78 is 1.58. The van der Waals surface area contributed by atoms with Crippen LogP contribution in [0.1, 0.15) is 30.1 Å². The number of rotatable bonds is 7. The molecular formula is C17H20N6O3. The van der Waals surface area contributed by atoms with Crippen LogP contribution in [0.3, 0.4) is 0 Å². The van der Waals surface area contributed by atoms with Gasteiger partial charge in [0, 0.05) is 13.0 Å². The van der Waals surface area contributed by atoms with Crippen LogP contribution in [-0.4, -0.2) is 30.6 Å². The molecule has 0 fully saturated rings. The Kier molecular flexibility index (Phi) is 4.97. The number of nitrogens with zero attached hydrogens (tertiary/aromatic N) is 4. The number of para-hydroxylation sites is 2. The number of aromatic amines is 1. The molecule has 136 valence electrons. The van der Waals surface area contributed by atoms with Crippen molar-refractivity contribution >= 4 is 22.6 Å². The van der Waals surface area contributed by atoms with Gasteiger partial charge in [0.15, 0.2) is 0 Å². The molecule has 2 N–H and O–H groups in total. The Morgan fingerprint density at radius 3 is 2.81 bits per heavy atom. The second-order valence-corrected chi connectivity index (χ2v) is 6.08. The highest BCUT2D eigenvalue weighted by molar-refractivity contribution is 5.76. The van der Waals surface area contributed by atoms with Gasteiger partial charge in [-0.25, -0.2) is 4.98 Å². The van der Waals surface area contributed by atoms with Crippen LogP contribution >= 0.6 is 0 Å². The Bertz CT molecular complexity index is 926. The number of carbonyl (C=O) groups is 1. The summed E-state index contributed by atoms with van der Waals surface area (Å²) in [7, 11) is 0. The van der Waals surface area contributed by atoms with E-state index in [1.807, 2.05) is 24.3 Å². The second-order valence-electron chi connectivity index (χ2n) is 6.08. The van der Waals surface area contributed by atoms with E-state index < -0.39 is 4.92 Å². The maximum Gasteiger partial charge on any atom is 0.312 e. The summed E-state index contributed by atoms with van der Waals surface area (Å²) in [5, 5.41) is 18.0. The highest BCUT2D eigenvalue weighted by atomic mass is 16.6. The SMILES string of the molecule is Cc1nn(CCCC(=O)NCc2nc3ccccc3[nH]2)c(C)c1[N+](=O)[O-]. The molecule has 0 unspecified atom stereocenters. The Morgan fingerprint density at radius 1 is 1.35 bits per heavy atom. The summed E-state index contributed by atoms with van der Waals surface area (Å²) in [6, 6.07) is 7.67. The van der Waals surface area contributed by atoms with Crippen molar-refractivity contribution in [2.24, 2.45) is 0 Å². The fourth-order valence-corrected chi connectivity index (χ4v) is 2.92. The molecule has 0 aliphatic rings. The molecule has 3 aromatic rings. The van der Waals surface area contributed by atoms with Gasteiger partial charge in [0.25, 0.3) is 0 Å². The molecule has 2 heterocycles. The fraction of sp³-hybridized carbons (Fsp3) is 0.353. The molecule has 1 amide bonds. The zero-order valence-electron chi connectivity index (χ0n) is 14.7. The van der Waals surface area contributed by atoms with Gasteiger partial charge in [0.2, 0.25) is 5.91 Å². The standard InChI is InChI=1S/C17H20N6O3/c1-11-17(23(25)26)12(2)22(21-11)9-5-8-16(24)18-10-15-19-13-6-3-4-7-14(13)20-15/h3-4,6-7H,5,8-10H2,1-2H3,(H,18,24)(H,19,20). The first-order chi connectivity index (χ1) is 12.5. The van der Waals surface area contributed by atoms with Crippen LogP contribution in [0.4, 0.5) is 5.69 Å². The van der Waals surface area contributed by atoms with Crippen LogP contribution in [0.15, 0.2) is 24.3 Å². The minimum Gasteiger partial charge on any atom is -0.349 e. The van der Waals surface area contributed by atoms with Gasteiger partial charge in [-0.1, -0.05) is 12.1 Å². The van der Waals surface area contributed by atoms with Crippen molar-refractivity contribution in [2.75, 3.05) is 0 Å². The Balaban J connectivity index is 1.48. The molecule has 0 saturated carbocycles. The fourth-order valence-electron chi connectivity index (χ4n) is 2.92. The van der Waals surface area contributed by atoms with Gasteiger partial charge < -0.3 is 10.3 Å². The largest absolute Gasteiger partial charge is 0.349 e. The zero-order valence-corrected chi connectivity index (χ0v) is 14.7. The topological polar surface area (TPSA) is 119 Å². The lowest BCUT2D eigenvalue weighted by molar-refractivity contribution is -0.386. The van der Waals surface area contributed by atoms with Crippen LogP contribution in [0.5, 0.6) is 0 Å². The second kappa shape index (κ2) is 7.34. The first-order valence-corrected chi connectivity index (χ1v) is 8.34. The van der Waals surface area contributed by atoms with Gasteiger partial charge in [-0.2, -0.15) is 5.10 Å². The third-order valence-corrected chi connectivity index (χ3v) is 4.19. The number of benzene rings is 1. The van der Waals surface area contributed by atoms with Crippen molar-refractivity contribution in [1.29, 1.82) is 0 Å². The lowest BCUT2D eigenvalue weighted by atomic mass is 10.3. The van der Waals surface area contributed by atoms with Crippen molar-refractivity contribution in [3.05, 3.63) is 51.6 Å². The predicted octanol–water partition coefficient (Wildman–Crippen LogP) is 2.38. The van der Waals surface area contributed by atoms with E-state index in [9.17, 15) is 14.9 Å². The maximum atomic E-state index is 12.0. The first kappa shape index (κ1) is 17.6. The van der Waals surface area contributed by atoms with E-state index in [0.29, 0.717) is 43.1 Å². The van der Waals surface area contributed by atoms with Crippen LogP contribution < -0.4 is 5.32 Å². The van der Waals surface area contributed by atoms with Crippen LogP contribution in [0, 0.1) is 24.0 Å². The number of aryl methyl sites for hydroxylation is 2. The number of nitrogens with one attached hydrogen (secondary N) is 2. The van der Waals surface area contributed by atoms with E-state index in [1.165, 1.54) is 0 Å². The molecule has 0 saturated heterocycles. The molecular weight excluding hydrogens is 336 g/mol. The molecule has 0 bridgehead atoms. The van der Waals surface area contributed by atoms with Crippen LogP contribution in [0.2, 0.25) is 0 Å². The number of fused-ring (bicyclic) bond motifs is 1. The molecule has 3 rings (SSSR count). The van der Waals surface area contributed by atoms with Crippen molar-refractivity contribution in [3.63, 3.8) is 0 Å². The van der Waals surface area contributed by atoms with E-state index >= 15 is 0 Å². The minimum atomic E-state index is -0.422. The van der Waals surface area contributed by atoms with Crippen LogP contribution in [-0.2, 0) is 17.9 Å². The number of hydrogen-bond acceptors (Lipinski definition) is 5. The maximum absolute atomic E-state index is 12.0. The summed E-state index contributed by atoms with van der Waals surface area (Å²) in [5.41, 5.74) is 2.74. The molecule has 1 aromatic carbocycles. The van der Waals surface area contributed by atoms with E-state index in [-0.39, 0.29) is 11.6 Å². The zero-order chi connectivity index (χ0) is 18.7. The summed E-state index contributed by atoms with van der Waals surface area (Å²) in [5.74, 6) is 0.607. The molecule has 26 heavy (non-hydrogen) atoms. The Morgan fingerprint density at radius 2 is 2.12 bits per heavy atom. The number of imidazole rings is 1.